The molecule has 0 aromatic heterocycles. The van der Waals surface area contributed by atoms with Crippen molar-refractivity contribution in [3.05, 3.63) is 154 Å². The van der Waals surface area contributed by atoms with E-state index in [1.54, 1.807) is 84.9 Å². The van der Waals surface area contributed by atoms with Gasteiger partial charge in [0.2, 0.25) is 0 Å². The molecule has 0 amide bonds. The van der Waals surface area contributed by atoms with Crippen LogP contribution in [0.2, 0.25) is 0 Å². The van der Waals surface area contributed by atoms with Crippen molar-refractivity contribution in [2.45, 2.75) is 30.7 Å². The van der Waals surface area contributed by atoms with Crippen LogP contribution in [0.1, 0.15) is 41.4 Å². The molecule has 13 heteroatoms. The number of ether oxygens (including phenoxy) is 6. The summed E-state index contributed by atoms with van der Waals surface area (Å²) in [6, 6.07) is 32.1. The molecule has 48 heavy (non-hydrogen) atoms. The summed E-state index contributed by atoms with van der Waals surface area (Å²) in [5, 5.41) is 3.38. The summed E-state index contributed by atoms with van der Waals surface area (Å²) >= 11 is 0. The van der Waals surface area contributed by atoms with Gasteiger partial charge in [0.05, 0.1) is 22.3 Å². The Morgan fingerprint density at radius 2 is 0.979 bits per heavy atom. The number of hydrogen-bond donors (Lipinski definition) is 0. The van der Waals surface area contributed by atoms with Crippen LogP contribution >= 0.6 is 0 Å². The average molecular weight is 652 g/mol. The first kappa shape index (κ1) is 33.4. The van der Waals surface area contributed by atoms with Gasteiger partial charge in [0.15, 0.2) is 24.6 Å². The lowest BCUT2D eigenvalue weighted by Crippen LogP contribution is -2.63. The number of azide groups is 1. The van der Waals surface area contributed by atoms with E-state index in [1.807, 2.05) is 0 Å². The van der Waals surface area contributed by atoms with Crippen molar-refractivity contribution in [3.8, 4) is 0 Å². The maximum atomic E-state index is 13.5. The molecule has 1 aliphatic heterocycles. The summed E-state index contributed by atoms with van der Waals surface area (Å²) in [7, 11) is 0. The molecular formula is C35H29N3O10. The third kappa shape index (κ3) is 8.62. The number of hydrogen-bond acceptors (Lipinski definition) is 11. The molecular weight excluding hydrogens is 622 g/mol. The minimum absolute atomic E-state index is 0.142. The van der Waals surface area contributed by atoms with Gasteiger partial charge >= 0.3 is 23.9 Å². The van der Waals surface area contributed by atoms with Crippen LogP contribution in [0.15, 0.2) is 126 Å². The van der Waals surface area contributed by atoms with E-state index in [-0.39, 0.29) is 22.3 Å². The van der Waals surface area contributed by atoms with Crippen molar-refractivity contribution < 1.29 is 47.6 Å². The number of benzene rings is 4. The summed E-state index contributed by atoms with van der Waals surface area (Å²) < 4.78 is 35.0. The summed E-state index contributed by atoms with van der Waals surface area (Å²) in [5.41, 5.74) is 9.56. The summed E-state index contributed by atoms with van der Waals surface area (Å²) in [5.74, 6) is -3.23. The van der Waals surface area contributed by atoms with Crippen LogP contribution in [0.5, 0.6) is 0 Å². The lowest BCUT2D eigenvalue weighted by Gasteiger charge is -2.44. The maximum absolute atomic E-state index is 13.5. The number of carbonyl (C=O) groups excluding carboxylic acids is 4. The lowest BCUT2D eigenvalue weighted by molar-refractivity contribution is -0.297. The van der Waals surface area contributed by atoms with E-state index in [0.717, 1.165) is 0 Å². The molecule has 5 rings (SSSR count). The first-order valence-corrected chi connectivity index (χ1v) is 14.7. The van der Waals surface area contributed by atoms with Gasteiger partial charge in [-0.3, -0.25) is 0 Å². The molecule has 4 aromatic carbocycles. The molecule has 0 radical (unpaired) electrons. The predicted octanol–water partition coefficient (Wildman–Crippen LogP) is 5.53. The average Bonchev–Trinajstić information content (AvgIpc) is 3.14. The van der Waals surface area contributed by atoms with Crippen LogP contribution in [0.3, 0.4) is 0 Å². The molecule has 0 bridgehead atoms. The smallest absolute Gasteiger partial charge is 0.338 e. The fourth-order valence-corrected chi connectivity index (χ4v) is 4.79. The zero-order chi connectivity index (χ0) is 33.7. The van der Waals surface area contributed by atoms with Crippen molar-refractivity contribution in [2.75, 3.05) is 13.3 Å². The van der Waals surface area contributed by atoms with E-state index >= 15 is 0 Å². The van der Waals surface area contributed by atoms with E-state index in [9.17, 15) is 19.2 Å². The van der Waals surface area contributed by atoms with E-state index in [2.05, 4.69) is 10.0 Å². The Balaban J connectivity index is 1.54. The van der Waals surface area contributed by atoms with Crippen molar-refractivity contribution in [1.82, 2.24) is 0 Å². The highest BCUT2D eigenvalue weighted by Gasteiger charge is 2.53. The highest BCUT2D eigenvalue weighted by Crippen LogP contribution is 2.32. The first-order valence-electron chi connectivity index (χ1n) is 14.7. The Morgan fingerprint density at radius 1 is 0.583 bits per heavy atom. The Kier molecular flexibility index (Phi) is 11.5. The number of nitrogens with zero attached hydrogens (tertiary/aromatic N) is 3. The maximum Gasteiger partial charge on any atom is 0.338 e. The van der Waals surface area contributed by atoms with Gasteiger partial charge in [-0.15, -0.1) is 0 Å². The molecule has 4 aromatic rings. The van der Waals surface area contributed by atoms with Gasteiger partial charge in [0, 0.05) is 4.91 Å². The highest BCUT2D eigenvalue weighted by atomic mass is 16.7. The topological polar surface area (TPSA) is 172 Å². The minimum Gasteiger partial charge on any atom is -0.459 e. The van der Waals surface area contributed by atoms with Crippen molar-refractivity contribution in [1.29, 1.82) is 0 Å². The normalized spacial score (nSPS) is 20.0. The van der Waals surface area contributed by atoms with Gasteiger partial charge in [-0.1, -0.05) is 77.9 Å². The van der Waals surface area contributed by atoms with E-state index in [1.165, 1.54) is 36.4 Å². The van der Waals surface area contributed by atoms with Crippen molar-refractivity contribution in [3.63, 3.8) is 0 Å². The van der Waals surface area contributed by atoms with Gasteiger partial charge in [-0.25, -0.2) is 19.2 Å². The molecule has 5 atom stereocenters. The molecule has 0 N–H and O–H groups in total. The SMILES string of the molecule is [N-]=[N+]=NCO[C@H]1O[C@H](COC(=O)c2ccccc2)[C@@H](OC(=O)c2ccccc2)[C@H](OC(=O)c2ccccc2)[C@@H]1OC(=O)c1ccccc1. The van der Waals surface area contributed by atoms with Crippen LogP contribution in [0.4, 0.5) is 0 Å². The van der Waals surface area contributed by atoms with E-state index in [0.29, 0.717) is 0 Å². The monoisotopic (exact) mass is 651 g/mol. The van der Waals surface area contributed by atoms with Crippen LogP contribution in [0.25, 0.3) is 10.4 Å². The summed E-state index contributed by atoms with van der Waals surface area (Å²) in [6.45, 7) is -1.09. The third-order valence-corrected chi connectivity index (χ3v) is 7.10. The molecule has 0 aliphatic carbocycles. The Labute approximate surface area is 274 Å². The second kappa shape index (κ2) is 16.5. The molecule has 0 unspecified atom stereocenters. The Hall–Kier alpha value is -6.01. The van der Waals surface area contributed by atoms with Crippen LogP contribution in [0, 0.1) is 0 Å². The van der Waals surface area contributed by atoms with Gasteiger partial charge in [-0.05, 0) is 54.1 Å². The Morgan fingerprint density at radius 3 is 1.42 bits per heavy atom. The van der Waals surface area contributed by atoms with Gasteiger partial charge < -0.3 is 28.4 Å². The number of carbonyl (C=O) groups is 4. The van der Waals surface area contributed by atoms with Gasteiger partial charge in [0.25, 0.3) is 0 Å². The summed E-state index contributed by atoms with van der Waals surface area (Å²) in [4.78, 5) is 55.9. The summed E-state index contributed by atoms with van der Waals surface area (Å²) in [6.07, 6.45) is -7.55. The molecule has 0 saturated carbocycles. The molecule has 1 fully saturated rings. The fraction of sp³-hybridized carbons (Fsp3) is 0.200. The standard InChI is InChI=1S/C35H29N3O10/c36-38-37-22-44-35-30(48-34(42)26-19-11-4-12-20-26)29(47-33(41)25-17-9-3-10-18-25)28(46-32(40)24-15-7-2-8-16-24)27(45-35)21-43-31(39)23-13-5-1-6-14-23/h1-20,27-30,35H,21-22H2/t27-,28-,29+,30+,35+/m1/s1. The zero-order valence-electron chi connectivity index (χ0n) is 25.3. The Bertz CT molecular complexity index is 1740. The van der Waals surface area contributed by atoms with Crippen LogP contribution in [-0.4, -0.2) is 67.9 Å². The van der Waals surface area contributed by atoms with Crippen molar-refractivity contribution >= 4 is 23.9 Å². The largest absolute Gasteiger partial charge is 0.459 e. The quantitative estimate of drug-likeness (QED) is 0.0623. The second-order valence-corrected chi connectivity index (χ2v) is 10.2. The fourth-order valence-electron chi connectivity index (χ4n) is 4.79. The van der Waals surface area contributed by atoms with Crippen LogP contribution in [-0.2, 0) is 28.4 Å². The number of esters is 4. The zero-order valence-corrected chi connectivity index (χ0v) is 25.3. The predicted molar refractivity (Wildman–Crippen MR) is 167 cm³/mol. The highest BCUT2D eigenvalue weighted by molar-refractivity contribution is 5.91. The second-order valence-electron chi connectivity index (χ2n) is 10.2. The molecule has 13 nitrogen and oxygen atoms in total. The van der Waals surface area contributed by atoms with Gasteiger partial charge in [-0.2, -0.15) is 0 Å². The first-order chi connectivity index (χ1) is 23.4. The molecule has 1 aliphatic rings. The molecule has 1 heterocycles. The van der Waals surface area contributed by atoms with Crippen LogP contribution < -0.4 is 0 Å². The lowest BCUT2D eigenvalue weighted by atomic mass is 9.97. The van der Waals surface area contributed by atoms with E-state index < -0.39 is 67.9 Å². The number of rotatable bonds is 12. The molecule has 244 valence electrons. The van der Waals surface area contributed by atoms with E-state index in [4.69, 9.17) is 34.0 Å². The molecule has 1 saturated heterocycles. The third-order valence-electron chi connectivity index (χ3n) is 7.10. The minimum atomic E-state index is -1.58. The van der Waals surface area contributed by atoms with Gasteiger partial charge in [0.1, 0.15) is 19.4 Å². The molecule has 0 spiro atoms. The van der Waals surface area contributed by atoms with Crippen molar-refractivity contribution in [2.24, 2.45) is 5.11 Å².